The molecule has 2 unspecified atom stereocenters. The van der Waals surface area contributed by atoms with E-state index in [1.54, 1.807) is 0 Å². The Labute approximate surface area is 115 Å². The van der Waals surface area contributed by atoms with Gasteiger partial charge >= 0.3 is 0 Å². The number of hydrogen-bond acceptors (Lipinski definition) is 3. The number of fused-ring (bicyclic) bond motifs is 1. The molecule has 4 nitrogen and oxygen atoms in total. The van der Waals surface area contributed by atoms with E-state index in [-0.39, 0.29) is 0 Å². The molecule has 4 fully saturated rings. The van der Waals surface area contributed by atoms with Crippen molar-refractivity contribution < 1.29 is 0 Å². The summed E-state index contributed by atoms with van der Waals surface area (Å²) >= 11 is 0. The Balaban J connectivity index is 1.45. The molecule has 3 heterocycles. The third-order valence-electron chi connectivity index (χ3n) is 5.66. The van der Waals surface area contributed by atoms with Gasteiger partial charge in [-0.15, -0.1) is 10.2 Å². The molecule has 0 N–H and O–H groups in total. The van der Waals surface area contributed by atoms with Crippen molar-refractivity contribution in [1.29, 1.82) is 0 Å². The van der Waals surface area contributed by atoms with Crippen LogP contribution >= 0.6 is 0 Å². The molecule has 4 bridgehead atoms. The molecule has 1 aromatic heterocycles. The van der Waals surface area contributed by atoms with Crippen molar-refractivity contribution >= 4 is 0 Å². The fourth-order valence-corrected chi connectivity index (χ4v) is 4.92. The largest absolute Gasteiger partial charge is 0.317 e. The summed E-state index contributed by atoms with van der Waals surface area (Å²) in [5.74, 6) is 4.12. The highest BCUT2D eigenvalue weighted by Gasteiger charge is 2.42. The molecule has 5 rings (SSSR count). The van der Waals surface area contributed by atoms with Gasteiger partial charge in [0.1, 0.15) is 12.2 Å². The Bertz CT molecular complexity index is 441. The molecule has 19 heavy (non-hydrogen) atoms. The Morgan fingerprint density at radius 3 is 2.47 bits per heavy atom. The van der Waals surface area contributed by atoms with E-state index in [2.05, 4.69) is 19.7 Å². The van der Waals surface area contributed by atoms with Crippen LogP contribution in [-0.4, -0.2) is 38.8 Å². The summed E-state index contributed by atoms with van der Waals surface area (Å²) in [5, 5.41) is 8.06. The predicted molar refractivity (Wildman–Crippen MR) is 73.7 cm³/mol. The van der Waals surface area contributed by atoms with E-state index in [0.717, 1.165) is 36.2 Å². The molecular formula is C15H24N4. The average molecular weight is 260 g/mol. The molecule has 2 saturated heterocycles. The van der Waals surface area contributed by atoms with Gasteiger partial charge in [0, 0.05) is 25.7 Å². The third-order valence-corrected chi connectivity index (χ3v) is 5.66. The van der Waals surface area contributed by atoms with Crippen LogP contribution in [0.3, 0.4) is 0 Å². The van der Waals surface area contributed by atoms with Gasteiger partial charge in [0.05, 0.1) is 0 Å². The van der Waals surface area contributed by atoms with Crippen molar-refractivity contribution in [3.63, 3.8) is 0 Å². The van der Waals surface area contributed by atoms with Crippen LogP contribution in [0.25, 0.3) is 0 Å². The Morgan fingerprint density at radius 1 is 1.05 bits per heavy atom. The maximum Gasteiger partial charge on any atom is 0.129 e. The maximum atomic E-state index is 4.08. The van der Waals surface area contributed by atoms with Crippen LogP contribution in [0.5, 0.6) is 0 Å². The summed E-state index contributed by atoms with van der Waals surface area (Å²) < 4.78 is 2.19. The number of aryl methyl sites for hydroxylation is 1. The second-order valence-electron chi connectivity index (χ2n) is 7.00. The topological polar surface area (TPSA) is 34.0 Å². The molecular weight excluding hydrogens is 236 g/mol. The van der Waals surface area contributed by atoms with Gasteiger partial charge in [-0.2, -0.15) is 0 Å². The summed E-state index contributed by atoms with van der Waals surface area (Å²) in [6.07, 6.45) is 9.36. The third kappa shape index (κ3) is 2.20. The van der Waals surface area contributed by atoms with Crippen LogP contribution < -0.4 is 0 Å². The van der Waals surface area contributed by atoms with Crippen LogP contribution in [-0.2, 0) is 6.54 Å². The average Bonchev–Trinajstić information content (AvgIpc) is 2.69. The minimum atomic E-state index is 0.869. The van der Waals surface area contributed by atoms with Crippen molar-refractivity contribution in [2.24, 2.45) is 17.8 Å². The van der Waals surface area contributed by atoms with E-state index in [4.69, 9.17) is 0 Å². The molecule has 0 spiro atoms. The van der Waals surface area contributed by atoms with Gasteiger partial charge < -0.3 is 4.57 Å². The molecule has 0 amide bonds. The number of aromatic nitrogens is 3. The van der Waals surface area contributed by atoms with Crippen molar-refractivity contribution in [1.82, 2.24) is 19.7 Å². The van der Waals surface area contributed by atoms with Crippen molar-refractivity contribution in [3.8, 4) is 0 Å². The van der Waals surface area contributed by atoms with Gasteiger partial charge in [0.15, 0.2) is 0 Å². The summed E-state index contributed by atoms with van der Waals surface area (Å²) in [4.78, 5) is 2.78. The Kier molecular flexibility index (Phi) is 2.87. The van der Waals surface area contributed by atoms with Crippen molar-refractivity contribution in [3.05, 3.63) is 12.2 Å². The normalized spacial score (nSPS) is 37.7. The first kappa shape index (κ1) is 11.9. The van der Waals surface area contributed by atoms with Crippen molar-refractivity contribution in [2.75, 3.05) is 13.1 Å². The molecule has 1 aromatic rings. The van der Waals surface area contributed by atoms with E-state index < -0.39 is 0 Å². The van der Waals surface area contributed by atoms with E-state index >= 15 is 0 Å². The SMILES string of the molecule is Cc1nncn1CCN1CC2CC3CC(C2)CC1C3. The molecule has 0 aromatic carbocycles. The predicted octanol–water partition coefficient (Wildman–Crippen LogP) is 2.10. The van der Waals surface area contributed by atoms with Crippen molar-refractivity contribution in [2.45, 2.75) is 51.6 Å². The fraction of sp³-hybridized carbons (Fsp3) is 0.867. The quantitative estimate of drug-likeness (QED) is 0.834. The first-order valence-corrected chi connectivity index (χ1v) is 7.86. The van der Waals surface area contributed by atoms with Gasteiger partial charge in [-0.05, 0) is 56.8 Å². The minimum Gasteiger partial charge on any atom is -0.317 e. The van der Waals surface area contributed by atoms with Crippen LogP contribution in [0.4, 0.5) is 0 Å². The monoisotopic (exact) mass is 260 g/mol. The Hall–Kier alpha value is -0.900. The second kappa shape index (κ2) is 4.58. The Morgan fingerprint density at radius 2 is 1.79 bits per heavy atom. The molecule has 4 heteroatoms. The van der Waals surface area contributed by atoms with Gasteiger partial charge in [0.2, 0.25) is 0 Å². The molecule has 2 aliphatic heterocycles. The highest BCUT2D eigenvalue weighted by molar-refractivity contribution is 4.95. The van der Waals surface area contributed by atoms with Crippen LogP contribution in [0.2, 0.25) is 0 Å². The van der Waals surface area contributed by atoms with Gasteiger partial charge in [-0.25, -0.2) is 0 Å². The lowest BCUT2D eigenvalue weighted by Gasteiger charge is -2.39. The standard InChI is InChI=1S/C15H24N4/c1-11-17-16-10-19(11)3-2-18-9-14-5-12-4-13(6-14)8-15(18)7-12/h10,12-15H,2-9H2,1H3. The summed E-state index contributed by atoms with van der Waals surface area (Å²) in [6.45, 7) is 5.62. The molecule has 104 valence electrons. The lowest BCUT2D eigenvalue weighted by molar-refractivity contribution is 0.123. The fourth-order valence-electron chi connectivity index (χ4n) is 4.92. The van der Waals surface area contributed by atoms with E-state index in [1.165, 1.54) is 45.2 Å². The van der Waals surface area contributed by atoms with Gasteiger partial charge in [-0.1, -0.05) is 0 Å². The zero-order chi connectivity index (χ0) is 12.8. The van der Waals surface area contributed by atoms with E-state index in [9.17, 15) is 0 Å². The van der Waals surface area contributed by atoms with E-state index in [0.29, 0.717) is 0 Å². The number of hydrogen-bond donors (Lipinski definition) is 0. The highest BCUT2D eigenvalue weighted by Crippen LogP contribution is 2.47. The zero-order valence-corrected chi connectivity index (χ0v) is 11.8. The number of nitrogens with zero attached hydrogens (tertiary/aromatic N) is 4. The first-order chi connectivity index (χ1) is 9.28. The summed E-state index contributed by atoms with van der Waals surface area (Å²) in [5.41, 5.74) is 0. The van der Waals surface area contributed by atoms with Gasteiger partial charge in [-0.3, -0.25) is 4.90 Å². The lowest BCUT2D eigenvalue weighted by atomic mass is 9.68. The van der Waals surface area contributed by atoms with Crippen LogP contribution in [0.1, 0.15) is 37.9 Å². The maximum absolute atomic E-state index is 4.08. The minimum absolute atomic E-state index is 0.869. The van der Waals surface area contributed by atoms with Gasteiger partial charge in [0.25, 0.3) is 0 Å². The molecule has 2 aliphatic carbocycles. The smallest absolute Gasteiger partial charge is 0.129 e. The lowest BCUT2D eigenvalue weighted by Crippen LogP contribution is -2.39. The number of rotatable bonds is 3. The zero-order valence-electron chi connectivity index (χ0n) is 11.8. The van der Waals surface area contributed by atoms with Crippen LogP contribution in [0.15, 0.2) is 6.33 Å². The highest BCUT2D eigenvalue weighted by atomic mass is 15.3. The molecule has 2 atom stereocenters. The second-order valence-corrected chi connectivity index (χ2v) is 7.00. The summed E-state index contributed by atoms with van der Waals surface area (Å²) in [7, 11) is 0. The first-order valence-electron chi connectivity index (χ1n) is 7.86. The van der Waals surface area contributed by atoms with E-state index in [1.807, 2.05) is 13.3 Å². The molecule has 0 radical (unpaired) electrons. The molecule has 2 saturated carbocycles. The van der Waals surface area contributed by atoms with Crippen LogP contribution in [0, 0.1) is 24.7 Å². The summed E-state index contributed by atoms with van der Waals surface area (Å²) in [6, 6.07) is 0.869. The molecule has 4 aliphatic rings.